The van der Waals surface area contributed by atoms with E-state index in [0.29, 0.717) is 12.0 Å². The van der Waals surface area contributed by atoms with Crippen molar-refractivity contribution >= 4 is 17.2 Å². The van der Waals surface area contributed by atoms with Crippen LogP contribution >= 0.6 is 12.2 Å². The molecule has 0 heterocycles. The van der Waals surface area contributed by atoms with Gasteiger partial charge in [0.1, 0.15) is 10.7 Å². The van der Waals surface area contributed by atoms with Gasteiger partial charge in [-0.25, -0.2) is 8.78 Å². The number of rotatable bonds is 5. The van der Waals surface area contributed by atoms with Crippen LogP contribution in [0.1, 0.15) is 11.1 Å². The van der Waals surface area contributed by atoms with E-state index in [-0.39, 0.29) is 22.9 Å². The van der Waals surface area contributed by atoms with Gasteiger partial charge in [0.15, 0.2) is 17.4 Å². The molecule has 0 aliphatic rings. The summed E-state index contributed by atoms with van der Waals surface area (Å²) < 4.78 is 33.2. The van der Waals surface area contributed by atoms with E-state index in [1.807, 2.05) is 0 Å². The zero-order valence-electron chi connectivity index (χ0n) is 11.0. The molecular weight excluding hydrogens is 296 g/mol. The molecule has 0 aromatic heterocycles. The molecule has 6 heteroatoms. The van der Waals surface area contributed by atoms with Crippen molar-refractivity contribution in [3.05, 3.63) is 59.2 Å². The van der Waals surface area contributed by atoms with E-state index in [1.54, 1.807) is 24.3 Å². The molecule has 0 spiro atoms. The minimum absolute atomic E-state index is 0.0915. The summed E-state index contributed by atoms with van der Waals surface area (Å²) in [6.07, 6.45) is 0.324. The van der Waals surface area contributed by atoms with Crippen LogP contribution in [0.3, 0.4) is 0 Å². The first-order valence-corrected chi connectivity index (χ1v) is 6.59. The van der Waals surface area contributed by atoms with Crippen LogP contribution in [-0.4, -0.2) is 16.7 Å². The Morgan fingerprint density at radius 1 is 1.19 bits per heavy atom. The molecule has 0 aliphatic heterocycles. The summed E-state index contributed by atoms with van der Waals surface area (Å²) in [4.78, 5) is -0.0972. The highest BCUT2D eigenvalue weighted by molar-refractivity contribution is 7.80. The van der Waals surface area contributed by atoms with Crippen LogP contribution in [0, 0.1) is 11.6 Å². The summed E-state index contributed by atoms with van der Waals surface area (Å²) in [5.74, 6) is -2.03. The number of nitrogens with two attached hydrogens (primary N) is 1. The van der Waals surface area contributed by atoms with Crippen LogP contribution < -0.4 is 10.5 Å². The number of hydrogen-bond acceptors (Lipinski definition) is 3. The van der Waals surface area contributed by atoms with E-state index >= 15 is 0 Å². The Morgan fingerprint density at radius 3 is 2.38 bits per heavy atom. The standard InChI is InChI=1S/C15H13F2NO2S/c16-11-7-10(15(18)21)8-12(17)14(11)20-13-4-2-1-3-9(13)5-6-19/h1-4,7-8,19H,5-6H2,(H2,18,21). The first-order valence-electron chi connectivity index (χ1n) is 6.18. The van der Waals surface area contributed by atoms with Crippen molar-refractivity contribution in [2.24, 2.45) is 5.73 Å². The quantitative estimate of drug-likeness (QED) is 0.834. The van der Waals surface area contributed by atoms with E-state index in [0.717, 1.165) is 12.1 Å². The largest absolute Gasteiger partial charge is 0.451 e. The molecule has 0 amide bonds. The molecule has 21 heavy (non-hydrogen) atoms. The number of hydrogen-bond donors (Lipinski definition) is 2. The molecule has 0 bridgehead atoms. The molecule has 0 saturated carbocycles. The fourth-order valence-corrected chi connectivity index (χ4v) is 1.96. The van der Waals surface area contributed by atoms with Crippen LogP contribution in [0.25, 0.3) is 0 Å². The van der Waals surface area contributed by atoms with Gasteiger partial charge in [0.05, 0.1) is 0 Å². The topological polar surface area (TPSA) is 55.5 Å². The molecule has 0 atom stereocenters. The number of thiocarbonyl (C=S) groups is 1. The molecule has 2 aromatic carbocycles. The minimum Gasteiger partial charge on any atom is -0.451 e. The van der Waals surface area contributed by atoms with E-state index in [9.17, 15) is 8.78 Å². The van der Waals surface area contributed by atoms with Gasteiger partial charge in [-0.05, 0) is 30.2 Å². The van der Waals surface area contributed by atoms with Crippen molar-refractivity contribution in [2.45, 2.75) is 6.42 Å². The number of ether oxygens (including phenoxy) is 1. The molecule has 3 nitrogen and oxygen atoms in total. The average molecular weight is 309 g/mol. The third-order valence-corrected chi connectivity index (χ3v) is 3.08. The number of aliphatic hydroxyl groups is 1. The van der Waals surface area contributed by atoms with Crippen molar-refractivity contribution in [1.29, 1.82) is 0 Å². The maximum Gasteiger partial charge on any atom is 0.198 e. The summed E-state index contributed by atoms with van der Waals surface area (Å²) in [6.45, 7) is -0.0915. The van der Waals surface area contributed by atoms with Crippen LogP contribution in [-0.2, 0) is 6.42 Å². The van der Waals surface area contributed by atoms with Gasteiger partial charge < -0.3 is 15.6 Å². The zero-order valence-corrected chi connectivity index (χ0v) is 11.8. The molecule has 0 aliphatic carbocycles. The molecule has 0 unspecified atom stereocenters. The van der Waals surface area contributed by atoms with Gasteiger partial charge in [-0.3, -0.25) is 0 Å². The lowest BCUT2D eigenvalue weighted by atomic mass is 10.1. The lowest BCUT2D eigenvalue weighted by Crippen LogP contribution is -2.10. The van der Waals surface area contributed by atoms with Crippen molar-refractivity contribution in [2.75, 3.05) is 6.61 Å². The SMILES string of the molecule is NC(=S)c1cc(F)c(Oc2ccccc2CCO)c(F)c1. The van der Waals surface area contributed by atoms with Crippen LogP contribution in [0.5, 0.6) is 11.5 Å². The zero-order chi connectivity index (χ0) is 15.4. The molecule has 0 radical (unpaired) electrons. The number of aliphatic hydroxyl groups excluding tert-OH is 1. The Bertz CT molecular complexity index is 653. The second-order valence-corrected chi connectivity index (χ2v) is 4.76. The molecule has 2 aromatic rings. The smallest absolute Gasteiger partial charge is 0.198 e. The van der Waals surface area contributed by atoms with E-state index in [4.69, 9.17) is 15.6 Å². The lowest BCUT2D eigenvalue weighted by Gasteiger charge is -2.12. The highest BCUT2D eigenvalue weighted by atomic mass is 32.1. The molecule has 0 saturated heterocycles. The molecule has 2 rings (SSSR count). The van der Waals surface area contributed by atoms with Gasteiger partial charge in [-0.1, -0.05) is 30.4 Å². The van der Waals surface area contributed by atoms with Crippen LogP contribution in [0.4, 0.5) is 8.78 Å². The summed E-state index contributed by atoms with van der Waals surface area (Å²) in [5.41, 5.74) is 6.09. The van der Waals surface area contributed by atoms with E-state index in [2.05, 4.69) is 12.2 Å². The highest BCUT2D eigenvalue weighted by Gasteiger charge is 2.16. The van der Waals surface area contributed by atoms with Gasteiger partial charge >= 0.3 is 0 Å². The Morgan fingerprint density at radius 2 is 1.81 bits per heavy atom. The van der Waals surface area contributed by atoms with Gasteiger partial charge in [-0.2, -0.15) is 0 Å². The second-order valence-electron chi connectivity index (χ2n) is 4.32. The fourth-order valence-electron chi connectivity index (χ4n) is 1.84. The molecular formula is C15H13F2NO2S. The Kier molecular flexibility index (Phi) is 4.82. The number of benzene rings is 2. The Hall–Kier alpha value is -2.05. The Labute approximate surface area is 126 Å². The summed E-state index contributed by atoms with van der Waals surface area (Å²) in [6, 6.07) is 8.76. The van der Waals surface area contributed by atoms with Gasteiger partial charge in [0, 0.05) is 12.2 Å². The summed E-state index contributed by atoms with van der Waals surface area (Å²) in [5, 5.41) is 8.98. The van der Waals surface area contributed by atoms with Crippen LogP contribution in [0.2, 0.25) is 0 Å². The maximum absolute atomic E-state index is 13.9. The van der Waals surface area contributed by atoms with Crippen molar-refractivity contribution in [1.82, 2.24) is 0 Å². The van der Waals surface area contributed by atoms with Gasteiger partial charge in [0.2, 0.25) is 0 Å². The third kappa shape index (κ3) is 3.53. The third-order valence-electron chi connectivity index (χ3n) is 2.85. The first kappa shape index (κ1) is 15.3. The second kappa shape index (κ2) is 6.60. The summed E-state index contributed by atoms with van der Waals surface area (Å²) in [7, 11) is 0. The van der Waals surface area contributed by atoms with Crippen molar-refractivity contribution in [3.63, 3.8) is 0 Å². The lowest BCUT2D eigenvalue weighted by molar-refractivity contribution is 0.297. The number of para-hydroxylation sites is 1. The Balaban J connectivity index is 2.38. The van der Waals surface area contributed by atoms with E-state index in [1.165, 1.54) is 0 Å². The van der Waals surface area contributed by atoms with Crippen LogP contribution in [0.15, 0.2) is 36.4 Å². The minimum atomic E-state index is -0.892. The normalized spacial score (nSPS) is 10.4. The predicted octanol–water partition coefficient (Wildman–Crippen LogP) is 2.93. The van der Waals surface area contributed by atoms with Gasteiger partial charge in [0.25, 0.3) is 0 Å². The fraction of sp³-hybridized carbons (Fsp3) is 0.133. The predicted molar refractivity (Wildman–Crippen MR) is 79.6 cm³/mol. The van der Waals surface area contributed by atoms with E-state index < -0.39 is 17.4 Å². The monoisotopic (exact) mass is 309 g/mol. The first-order chi connectivity index (χ1) is 10.0. The maximum atomic E-state index is 13.9. The molecule has 0 fully saturated rings. The van der Waals surface area contributed by atoms with Crippen molar-refractivity contribution < 1.29 is 18.6 Å². The average Bonchev–Trinajstić information content (AvgIpc) is 2.44. The summed E-state index contributed by atoms with van der Waals surface area (Å²) >= 11 is 4.69. The molecule has 110 valence electrons. The highest BCUT2D eigenvalue weighted by Crippen LogP contribution is 2.30. The number of halogens is 2. The van der Waals surface area contributed by atoms with Crippen molar-refractivity contribution in [3.8, 4) is 11.5 Å². The molecule has 3 N–H and O–H groups in total. The van der Waals surface area contributed by atoms with Gasteiger partial charge in [-0.15, -0.1) is 0 Å².